The van der Waals surface area contributed by atoms with Gasteiger partial charge in [0.05, 0.1) is 25.2 Å². The molecule has 0 atom stereocenters. The summed E-state index contributed by atoms with van der Waals surface area (Å²) >= 11 is 5.48. The molecule has 18 heavy (non-hydrogen) atoms. The van der Waals surface area contributed by atoms with Crippen LogP contribution in [-0.4, -0.2) is 31.3 Å². The molecule has 0 heterocycles. The number of rotatable bonds is 6. The number of esters is 1. The van der Waals surface area contributed by atoms with Gasteiger partial charge >= 0.3 is 5.97 Å². The average molecular weight is 271 g/mol. The van der Waals surface area contributed by atoms with Crippen molar-refractivity contribution in [2.24, 2.45) is 0 Å². The number of carbonyl (C=O) groups excluding carboxylic acids is 2. The van der Waals surface area contributed by atoms with Crippen LogP contribution in [0, 0.1) is 0 Å². The molecule has 0 aromatic heterocycles. The lowest BCUT2D eigenvalue weighted by Crippen LogP contribution is -2.13. The summed E-state index contributed by atoms with van der Waals surface area (Å²) < 4.78 is 10.1. The van der Waals surface area contributed by atoms with Crippen LogP contribution in [0.2, 0.25) is 0 Å². The maximum absolute atomic E-state index is 11.8. The van der Waals surface area contributed by atoms with E-state index in [0.29, 0.717) is 16.9 Å². The van der Waals surface area contributed by atoms with Crippen molar-refractivity contribution >= 4 is 23.4 Å². The van der Waals surface area contributed by atoms with Gasteiger partial charge in [0.15, 0.2) is 5.78 Å². The lowest BCUT2D eigenvalue weighted by atomic mass is 10.0. The number of carbonyl (C=O) groups is 2. The van der Waals surface area contributed by atoms with Crippen LogP contribution < -0.4 is 4.74 Å². The average Bonchev–Trinajstić information content (AvgIpc) is 2.38. The van der Waals surface area contributed by atoms with Crippen LogP contribution in [0.1, 0.15) is 22.8 Å². The lowest BCUT2D eigenvalue weighted by Gasteiger charge is -2.12. The number of hydrogen-bond acceptors (Lipinski definition) is 4. The van der Waals surface area contributed by atoms with E-state index in [4.69, 9.17) is 21.1 Å². The van der Waals surface area contributed by atoms with Crippen LogP contribution in [0.25, 0.3) is 0 Å². The zero-order valence-corrected chi connectivity index (χ0v) is 11.1. The van der Waals surface area contributed by atoms with Gasteiger partial charge in [-0.05, 0) is 19.1 Å². The van der Waals surface area contributed by atoms with E-state index in [1.807, 2.05) is 0 Å². The third-order valence-corrected chi connectivity index (χ3v) is 2.67. The van der Waals surface area contributed by atoms with E-state index in [1.165, 1.54) is 7.11 Å². The maximum Gasteiger partial charge on any atom is 0.338 e. The normalized spacial score (nSPS) is 9.94. The van der Waals surface area contributed by atoms with E-state index in [1.54, 1.807) is 25.1 Å². The first-order valence-corrected chi connectivity index (χ1v) is 6.08. The van der Waals surface area contributed by atoms with Crippen LogP contribution in [0.5, 0.6) is 5.75 Å². The smallest absolute Gasteiger partial charge is 0.338 e. The minimum absolute atomic E-state index is 0.0572. The quantitative estimate of drug-likeness (QED) is 0.587. The van der Waals surface area contributed by atoms with Crippen molar-refractivity contribution < 1.29 is 19.1 Å². The molecule has 0 aliphatic rings. The Hall–Kier alpha value is -1.55. The molecule has 98 valence electrons. The number of ketones is 1. The van der Waals surface area contributed by atoms with Crippen molar-refractivity contribution in [3.05, 3.63) is 29.3 Å². The summed E-state index contributed by atoms with van der Waals surface area (Å²) in [5.74, 6) is -0.250. The Labute approximate surface area is 111 Å². The Morgan fingerprint density at radius 2 is 2.06 bits per heavy atom. The van der Waals surface area contributed by atoms with Gasteiger partial charge in [-0.1, -0.05) is 6.07 Å². The number of alkyl halides is 1. The Morgan fingerprint density at radius 3 is 2.61 bits per heavy atom. The molecule has 0 saturated carbocycles. The van der Waals surface area contributed by atoms with Crippen LogP contribution in [0.15, 0.2) is 18.2 Å². The number of hydrogen-bond donors (Lipinski definition) is 0. The van der Waals surface area contributed by atoms with E-state index in [0.717, 1.165) is 0 Å². The van der Waals surface area contributed by atoms with E-state index >= 15 is 0 Å². The summed E-state index contributed by atoms with van der Waals surface area (Å²) in [5, 5.41) is 0. The third kappa shape index (κ3) is 3.47. The summed E-state index contributed by atoms with van der Waals surface area (Å²) in [6, 6.07) is 4.98. The number of benzene rings is 1. The number of Topliss-reactive ketones (excluding diaryl/α,β-unsaturated/α-hetero) is 1. The molecular weight excluding hydrogens is 256 g/mol. The Morgan fingerprint density at radius 1 is 1.33 bits per heavy atom. The van der Waals surface area contributed by atoms with Gasteiger partial charge in [0.2, 0.25) is 0 Å². The monoisotopic (exact) mass is 270 g/mol. The summed E-state index contributed by atoms with van der Waals surface area (Å²) in [4.78, 5) is 23.2. The fourth-order valence-corrected chi connectivity index (χ4v) is 1.68. The largest absolute Gasteiger partial charge is 0.496 e. The SMILES string of the molecule is CCOC(=O)c1cccc(OC)c1CC(=O)CCl. The first-order chi connectivity index (χ1) is 8.63. The third-order valence-electron chi connectivity index (χ3n) is 2.37. The molecule has 0 amide bonds. The van der Waals surface area contributed by atoms with Crippen LogP contribution >= 0.6 is 11.6 Å². The molecule has 1 aromatic rings. The molecule has 0 aliphatic heterocycles. The fraction of sp³-hybridized carbons (Fsp3) is 0.385. The summed E-state index contributed by atoms with van der Waals surface area (Å²) in [6.45, 7) is 2.00. The molecule has 0 fully saturated rings. The van der Waals surface area contributed by atoms with Crippen LogP contribution in [0.4, 0.5) is 0 Å². The highest BCUT2D eigenvalue weighted by atomic mass is 35.5. The van der Waals surface area contributed by atoms with Crippen molar-refractivity contribution in [2.45, 2.75) is 13.3 Å². The van der Waals surface area contributed by atoms with Crippen molar-refractivity contribution in [1.82, 2.24) is 0 Å². The summed E-state index contributed by atoms with van der Waals surface area (Å²) in [5.41, 5.74) is 0.860. The van der Waals surface area contributed by atoms with Gasteiger partial charge in [0, 0.05) is 12.0 Å². The zero-order valence-electron chi connectivity index (χ0n) is 10.4. The zero-order chi connectivity index (χ0) is 13.5. The van der Waals surface area contributed by atoms with Gasteiger partial charge in [0.25, 0.3) is 0 Å². The van der Waals surface area contributed by atoms with Gasteiger partial charge in [-0.3, -0.25) is 4.79 Å². The van der Waals surface area contributed by atoms with E-state index in [9.17, 15) is 9.59 Å². The number of methoxy groups -OCH3 is 1. The minimum atomic E-state index is -0.464. The molecule has 4 nitrogen and oxygen atoms in total. The van der Waals surface area contributed by atoms with Crippen LogP contribution in [-0.2, 0) is 16.0 Å². The second-order valence-electron chi connectivity index (χ2n) is 3.56. The summed E-state index contributed by atoms with van der Waals surface area (Å²) in [6.07, 6.45) is 0.0572. The van der Waals surface area contributed by atoms with Crippen LogP contribution in [0.3, 0.4) is 0 Å². The second kappa shape index (κ2) is 7.01. The van der Waals surface area contributed by atoms with Gasteiger partial charge < -0.3 is 9.47 Å². The second-order valence-corrected chi connectivity index (χ2v) is 3.82. The van der Waals surface area contributed by atoms with Crippen molar-refractivity contribution in [1.29, 1.82) is 0 Å². The Bertz CT molecular complexity index is 443. The summed E-state index contributed by atoms with van der Waals surface area (Å²) in [7, 11) is 1.49. The predicted octanol–water partition coefficient (Wildman–Crippen LogP) is 2.22. The first-order valence-electron chi connectivity index (χ1n) is 5.54. The molecule has 0 unspecified atom stereocenters. The molecular formula is C13H15ClO4. The van der Waals surface area contributed by atoms with E-state index in [2.05, 4.69) is 0 Å². The molecule has 0 spiro atoms. The number of ether oxygens (including phenoxy) is 2. The van der Waals surface area contributed by atoms with Crippen molar-refractivity contribution in [2.75, 3.05) is 19.6 Å². The van der Waals surface area contributed by atoms with Crippen molar-refractivity contribution in [3.8, 4) is 5.75 Å². The molecule has 1 rings (SSSR count). The van der Waals surface area contributed by atoms with E-state index < -0.39 is 5.97 Å². The van der Waals surface area contributed by atoms with Gasteiger partial charge in [-0.15, -0.1) is 11.6 Å². The minimum Gasteiger partial charge on any atom is -0.496 e. The molecule has 0 bridgehead atoms. The highest BCUT2D eigenvalue weighted by Crippen LogP contribution is 2.24. The molecule has 0 aliphatic carbocycles. The first kappa shape index (κ1) is 14.5. The molecule has 5 heteroatoms. The number of halogens is 1. The Kier molecular flexibility index (Phi) is 5.65. The maximum atomic E-state index is 11.8. The van der Waals surface area contributed by atoms with Gasteiger partial charge in [0.1, 0.15) is 5.75 Å². The molecule has 0 radical (unpaired) electrons. The standard InChI is InChI=1S/C13H15ClO4/c1-3-18-13(16)10-5-4-6-12(17-2)11(10)7-9(15)8-14/h4-6H,3,7-8H2,1-2H3. The highest BCUT2D eigenvalue weighted by molar-refractivity contribution is 6.27. The van der Waals surface area contributed by atoms with Gasteiger partial charge in [-0.25, -0.2) is 4.79 Å². The van der Waals surface area contributed by atoms with E-state index in [-0.39, 0.29) is 24.7 Å². The van der Waals surface area contributed by atoms with Gasteiger partial charge in [-0.2, -0.15) is 0 Å². The topological polar surface area (TPSA) is 52.6 Å². The molecule has 0 N–H and O–H groups in total. The van der Waals surface area contributed by atoms with Crippen molar-refractivity contribution in [3.63, 3.8) is 0 Å². The lowest BCUT2D eigenvalue weighted by molar-refractivity contribution is -0.116. The fourth-order valence-electron chi connectivity index (χ4n) is 1.58. The Balaban J connectivity index is 3.15. The predicted molar refractivity (Wildman–Crippen MR) is 68.4 cm³/mol. The molecule has 1 aromatic carbocycles. The molecule has 0 saturated heterocycles. The highest BCUT2D eigenvalue weighted by Gasteiger charge is 2.18.